The Kier molecular flexibility index (Phi) is 2.97. The Morgan fingerprint density at radius 1 is 1.20 bits per heavy atom. The maximum absolute atomic E-state index is 4.26. The van der Waals surface area contributed by atoms with Crippen LogP contribution in [0.3, 0.4) is 0 Å². The highest BCUT2D eigenvalue weighted by molar-refractivity contribution is 9.10. The number of anilines is 2. The number of pyridine rings is 2. The second-order valence-corrected chi connectivity index (χ2v) is 4.00. The predicted octanol–water partition coefficient (Wildman–Crippen LogP) is 3.29. The zero-order valence-electron chi connectivity index (χ0n) is 8.24. The molecule has 1 N–H and O–H groups in total. The van der Waals surface area contributed by atoms with Crippen LogP contribution in [0.15, 0.2) is 41.1 Å². The van der Waals surface area contributed by atoms with Gasteiger partial charge in [-0.25, -0.2) is 9.97 Å². The van der Waals surface area contributed by atoms with E-state index in [0.717, 1.165) is 16.2 Å². The topological polar surface area (TPSA) is 37.8 Å². The first-order chi connectivity index (χ1) is 7.24. The van der Waals surface area contributed by atoms with Crippen LogP contribution >= 0.6 is 15.9 Å². The summed E-state index contributed by atoms with van der Waals surface area (Å²) < 4.78 is 0.806. The molecule has 0 aliphatic heterocycles. The molecule has 0 saturated carbocycles. The van der Waals surface area contributed by atoms with Crippen LogP contribution in [0.4, 0.5) is 11.6 Å². The highest BCUT2D eigenvalue weighted by Crippen LogP contribution is 2.15. The summed E-state index contributed by atoms with van der Waals surface area (Å²) in [7, 11) is 0. The van der Waals surface area contributed by atoms with Gasteiger partial charge >= 0.3 is 0 Å². The Hall–Kier alpha value is -1.42. The molecule has 0 fully saturated rings. The molecule has 0 spiro atoms. The predicted molar refractivity (Wildman–Crippen MR) is 64.2 cm³/mol. The standard InChI is InChI=1S/C11H10BrN3/c1-8-5-6-13-11(7-8)15-10-4-2-3-9(12)14-10/h2-7H,1H3,(H,13,14,15). The maximum atomic E-state index is 4.26. The first-order valence-corrected chi connectivity index (χ1v) is 5.35. The SMILES string of the molecule is Cc1ccnc(Nc2cccc(Br)n2)c1. The van der Waals surface area contributed by atoms with Gasteiger partial charge in [0.15, 0.2) is 0 Å². The fourth-order valence-corrected chi connectivity index (χ4v) is 1.56. The molecule has 2 rings (SSSR count). The van der Waals surface area contributed by atoms with Crippen molar-refractivity contribution in [3.63, 3.8) is 0 Å². The van der Waals surface area contributed by atoms with Gasteiger partial charge in [-0.1, -0.05) is 6.07 Å². The van der Waals surface area contributed by atoms with E-state index < -0.39 is 0 Å². The third-order valence-electron chi connectivity index (χ3n) is 1.89. The summed E-state index contributed by atoms with van der Waals surface area (Å²) in [6.07, 6.45) is 1.77. The molecule has 0 aromatic carbocycles. The van der Waals surface area contributed by atoms with Crippen LogP contribution in [-0.2, 0) is 0 Å². The molecule has 0 bridgehead atoms. The van der Waals surface area contributed by atoms with Crippen LogP contribution in [0.1, 0.15) is 5.56 Å². The highest BCUT2D eigenvalue weighted by atomic mass is 79.9. The summed E-state index contributed by atoms with van der Waals surface area (Å²) >= 11 is 3.32. The molecule has 0 atom stereocenters. The first-order valence-electron chi connectivity index (χ1n) is 4.56. The molecule has 2 heterocycles. The zero-order valence-corrected chi connectivity index (χ0v) is 9.82. The van der Waals surface area contributed by atoms with Crippen LogP contribution in [0, 0.1) is 6.92 Å². The summed E-state index contributed by atoms with van der Waals surface area (Å²) in [5.41, 5.74) is 1.17. The fraction of sp³-hybridized carbons (Fsp3) is 0.0909. The number of aromatic nitrogens is 2. The highest BCUT2D eigenvalue weighted by Gasteiger charge is 1.97. The number of rotatable bonds is 2. The van der Waals surface area contributed by atoms with Crippen molar-refractivity contribution in [2.45, 2.75) is 6.92 Å². The van der Waals surface area contributed by atoms with Gasteiger partial charge in [0.2, 0.25) is 0 Å². The van der Waals surface area contributed by atoms with Gasteiger partial charge in [0.25, 0.3) is 0 Å². The molecule has 0 radical (unpaired) electrons. The summed E-state index contributed by atoms with van der Waals surface area (Å²) in [6, 6.07) is 9.64. The lowest BCUT2D eigenvalue weighted by Crippen LogP contribution is -1.95. The maximum Gasteiger partial charge on any atom is 0.132 e. The van der Waals surface area contributed by atoms with E-state index in [1.54, 1.807) is 6.20 Å². The second-order valence-electron chi connectivity index (χ2n) is 3.19. The Morgan fingerprint density at radius 2 is 2.07 bits per heavy atom. The molecular formula is C11H10BrN3. The van der Waals surface area contributed by atoms with E-state index in [-0.39, 0.29) is 0 Å². The first kappa shape index (κ1) is 10.1. The monoisotopic (exact) mass is 263 g/mol. The van der Waals surface area contributed by atoms with Gasteiger partial charge in [-0.2, -0.15) is 0 Å². The number of hydrogen-bond donors (Lipinski definition) is 1. The Labute approximate surface area is 96.7 Å². The van der Waals surface area contributed by atoms with Crippen molar-refractivity contribution in [1.29, 1.82) is 0 Å². The third kappa shape index (κ3) is 2.76. The molecule has 0 saturated heterocycles. The number of nitrogens with zero attached hydrogens (tertiary/aromatic N) is 2. The van der Waals surface area contributed by atoms with Crippen molar-refractivity contribution >= 4 is 27.6 Å². The van der Waals surface area contributed by atoms with E-state index in [0.29, 0.717) is 0 Å². The van der Waals surface area contributed by atoms with Crippen molar-refractivity contribution in [3.8, 4) is 0 Å². The van der Waals surface area contributed by atoms with E-state index in [9.17, 15) is 0 Å². The molecule has 76 valence electrons. The van der Waals surface area contributed by atoms with E-state index in [2.05, 4.69) is 31.2 Å². The Bertz CT molecular complexity index is 427. The number of halogens is 1. The van der Waals surface area contributed by atoms with Crippen molar-refractivity contribution in [1.82, 2.24) is 9.97 Å². The lowest BCUT2D eigenvalue weighted by Gasteiger charge is -2.04. The fourth-order valence-electron chi connectivity index (χ4n) is 1.21. The molecular weight excluding hydrogens is 254 g/mol. The van der Waals surface area contributed by atoms with Gasteiger partial charge in [0.1, 0.15) is 16.2 Å². The minimum absolute atomic E-state index is 0.780. The quantitative estimate of drug-likeness (QED) is 0.846. The van der Waals surface area contributed by atoms with E-state index in [1.807, 2.05) is 37.3 Å². The van der Waals surface area contributed by atoms with E-state index in [4.69, 9.17) is 0 Å². The van der Waals surface area contributed by atoms with Gasteiger partial charge in [-0.05, 0) is 52.7 Å². The molecule has 2 aromatic rings. The van der Waals surface area contributed by atoms with E-state index in [1.165, 1.54) is 5.56 Å². The average Bonchev–Trinajstić information content (AvgIpc) is 2.17. The molecule has 3 nitrogen and oxygen atoms in total. The molecule has 4 heteroatoms. The average molecular weight is 264 g/mol. The molecule has 0 amide bonds. The van der Waals surface area contributed by atoms with Gasteiger partial charge in [0, 0.05) is 6.20 Å². The normalized spacial score (nSPS) is 10.0. The van der Waals surface area contributed by atoms with Crippen LogP contribution in [0.2, 0.25) is 0 Å². The van der Waals surface area contributed by atoms with Crippen LogP contribution in [0.5, 0.6) is 0 Å². The molecule has 2 aromatic heterocycles. The van der Waals surface area contributed by atoms with Crippen LogP contribution in [-0.4, -0.2) is 9.97 Å². The lowest BCUT2D eigenvalue weighted by molar-refractivity contribution is 1.22. The van der Waals surface area contributed by atoms with Crippen molar-refractivity contribution in [2.75, 3.05) is 5.32 Å². The van der Waals surface area contributed by atoms with Gasteiger partial charge in [-0.15, -0.1) is 0 Å². The minimum atomic E-state index is 0.780. The molecule has 0 aliphatic carbocycles. The number of hydrogen-bond acceptors (Lipinski definition) is 3. The molecule has 0 aliphatic rings. The molecule has 15 heavy (non-hydrogen) atoms. The smallest absolute Gasteiger partial charge is 0.132 e. The van der Waals surface area contributed by atoms with Crippen molar-refractivity contribution < 1.29 is 0 Å². The summed E-state index contributed by atoms with van der Waals surface area (Å²) in [5, 5.41) is 3.13. The van der Waals surface area contributed by atoms with Gasteiger partial charge < -0.3 is 5.32 Å². The molecule has 0 unspecified atom stereocenters. The van der Waals surface area contributed by atoms with E-state index >= 15 is 0 Å². The summed E-state index contributed by atoms with van der Waals surface area (Å²) in [5.74, 6) is 1.59. The van der Waals surface area contributed by atoms with Gasteiger partial charge in [-0.3, -0.25) is 0 Å². The minimum Gasteiger partial charge on any atom is -0.325 e. The number of aryl methyl sites for hydroxylation is 1. The third-order valence-corrected chi connectivity index (χ3v) is 2.33. The largest absolute Gasteiger partial charge is 0.325 e. The van der Waals surface area contributed by atoms with Crippen LogP contribution < -0.4 is 5.32 Å². The zero-order chi connectivity index (χ0) is 10.7. The van der Waals surface area contributed by atoms with Crippen LogP contribution in [0.25, 0.3) is 0 Å². The lowest BCUT2D eigenvalue weighted by atomic mass is 10.3. The Morgan fingerprint density at radius 3 is 2.80 bits per heavy atom. The number of nitrogens with one attached hydrogen (secondary N) is 1. The summed E-state index contributed by atoms with van der Waals surface area (Å²) in [6.45, 7) is 2.03. The summed E-state index contributed by atoms with van der Waals surface area (Å²) in [4.78, 5) is 8.46. The Balaban J connectivity index is 2.22. The van der Waals surface area contributed by atoms with Crippen molar-refractivity contribution in [3.05, 3.63) is 46.7 Å². The van der Waals surface area contributed by atoms with Crippen molar-refractivity contribution in [2.24, 2.45) is 0 Å². The second kappa shape index (κ2) is 4.40. The van der Waals surface area contributed by atoms with Gasteiger partial charge in [0.05, 0.1) is 0 Å².